The number of hydrazone groups is 1. The van der Waals surface area contributed by atoms with Gasteiger partial charge in [-0.25, -0.2) is 5.43 Å². The predicted octanol–water partition coefficient (Wildman–Crippen LogP) is 4.66. The van der Waals surface area contributed by atoms with Crippen LogP contribution in [0.15, 0.2) is 71.4 Å². The highest BCUT2D eigenvalue weighted by atomic mass is 16.2. The van der Waals surface area contributed by atoms with Gasteiger partial charge in [-0.1, -0.05) is 54.6 Å². The minimum absolute atomic E-state index is 0.157. The quantitative estimate of drug-likeness (QED) is 0.611. The van der Waals surface area contributed by atoms with Crippen LogP contribution in [0.2, 0.25) is 0 Å². The molecule has 0 aromatic heterocycles. The Morgan fingerprint density at radius 1 is 1.23 bits per heavy atom. The molecule has 4 heteroatoms. The van der Waals surface area contributed by atoms with Crippen molar-refractivity contribution in [3.63, 3.8) is 0 Å². The molecule has 134 valence electrons. The highest BCUT2D eigenvalue weighted by molar-refractivity contribution is 6.01. The minimum atomic E-state index is -0.157. The minimum Gasteiger partial charge on any atom is -0.376 e. The summed E-state index contributed by atoms with van der Waals surface area (Å²) in [5.74, 6) is 0.249. The number of hydrogen-bond acceptors (Lipinski definition) is 3. The fraction of sp³-hybridized carbons (Fsp3) is 0.273. The monoisotopic (exact) mass is 347 g/mol. The molecule has 0 bridgehead atoms. The van der Waals surface area contributed by atoms with Crippen LogP contribution < -0.4 is 10.7 Å². The van der Waals surface area contributed by atoms with E-state index >= 15 is 0 Å². The SMILES string of the molecule is C=C(C)C1CC=C(C)/C(=N/NC(=O)CNc2cccc3ccccc23)C1. The van der Waals surface area contributed by atoms with Crippen LogP contribution >= 0.6 is 0 Å². The average molecular weight is 347 g/mol. The van der Waals surface area contributed by atoms with Crippen LogP contribution in [-0.2, 0) is 4.79 Å². The van der Waals surface area contributed by atoms with Crippen LogP contribution in [0, 0.1) is 5.92 Å². The maximum absolute atomic E-state index is 12.2. The maximum atomic E-state index is 12.2. The van der Waals surface area contributed by atoms with Gasteiger partial charge < -0.3 is 5.32 Å². The van der Waals surface area contributed by atoms with Crippen LogP contribution in [0.3, 0.4) is 0 Å². The summed E-state index contributed by atoms with van der Waals surface area (Å²) in [6.07, 6.45) is 3.99. The van der Waals surface area contributed by atoms with E-state index in [2.05, 4.69) is 40.6 Å². The number of allylic oxidation sites excluding steroid dienone is 3. The van der Waals surface area contributed by atoms with E-state index < -0.39 is 0 Å². The Balaban J connectivity index is 1.61. The number of nitrogens with one attached hydrogen (secondary N) is 2. The highest BCUT2D eigenvalue weighted by Crippen LogP contribution is 2.26. The molecule has 2 N–H and O–H groups in total. The molecule has 2 aromatic carbocycles. The number of amides is 1. The zero-order valence-corrected chi connectivity index (χ0v) is 15.4. The molecular formula is C22H25N3O. The van der Waals surface area contributed by atoms with Crippen molar-refractivity contribution < 1.29 is 4.79 Å². The third-order valence-electron chi connectivity index (χ3n) is 4.85. The number of hydrogen-bond donors (Lipinski definition) is 2. The van der Waals surface area contributed by atoms with Crippen LogP contribution in [0.25, 0.3) is 10.8 Å². The first kappa shape index (κ1) is 17.9. The Labute approximate surface area is 154 Å². The van der Waals surface area contributed by atoms with Crippen LogP contribution in [0.4, 0.5) is 5.69 Å². The molecule has 1 atom stereocenters. The lowest BCUT2D eigenvalue weighted by atomic mass is 9.85. The summed E-state index contributed by atoms with van der Waals surface area (Å²) in [5.41, 5.74) is 6.84. The van der Waals surface area contributed by atoms with Gasteiger partial charge in [-0.05, 0) is 49.6 Å². The van der Waals surface area contributed by atoms with Gasteiger partial charge in [-0.3, -0.25) is 4.79 Å². The summed E-state index contributed by atoms with van der Waals surface area (Å²) in [6, 6.07) is 14.1. The van der Waals surface area contributed by atoms with Gasteiger partial charge in [0.2, 0.25) is 0 Å². The number of anilines is 1. The normalized spacial score (nSPS) is 18.5. The number of fused-ring (bicyclic) bond motifs is 1. The highest BCUT2D eigenvalue weighted by Gasteiger charge is 2.18. The van der Waals surface area contributed by atoms with Crippen LogP contribution in [0.1, 0.15) is 26.7 Å². The summed E-state index contributed by atoms with van der Waals surface area (Å²) in [4.78, 5) is 12.2. The summed E-state index contributed by atoms with van der Waals surface area (Å²) in [5, 5.41) is 9.79. The van der Waals surface area contributed by atoms with Crippen molar-refractivity contribution in [1.29, 1.82) is 0 Å². The van der Waals surface area contributed by atoms with Gasteiger partial charge in [-0.2, -0.15) is 5.10 Å². The smallest absolute Gasteiger partial charge is 0.259 e. The van der Waals surface area contributed by atoms with Gasteiger partial charge in [0.1, 0.15) is 0 Å². The molecule has 2 aromatic rings. The lowest BCUT2D eigenvalue weighted by molar-refractivity contribution is -0.119. The van der Waals surface area contributed by atoms with Crippen LogP contribution in [0.5, 0.6) is 0 Å². The zero-order chi connectivity index (χ0) is 18.5. The Hall–Kier alpha value is -2.88. The van der Waals surface area contributed by atoms with Crippen molar-refractivity contribution in [2.24, 2.45) is 11.0 Å². The molecular weight excluding hydrogens is 322 g/mol. The van der Waals surface area contributed by atoms with E-state index in [0.717, 1.165) is 46.2 Å². The Morgan fingerprint density at radius 2 is 2.00 bits per heavy atom. The van der Waals surface area contributed by atoms with E-state index in [1.807, 2.05) is 44.2 Å². The van der Waals surface area contributed by atoms with E-state index in [4.69, 9.17) is 0 Å². The number of nitrogens with zero attached hydrogens (tertiary/aromatic N) is 1. The van der Waals surface area contributed by atoms with Crippen molar-refractivity contribution in [1.82, 2.24) is 5.43 Å². The standard InChI is InChI=1S/C22H25N3O/c1-15(2)18-12-11-16(3)21(13-18)24-25-22(26)14-23-20-10-6-8-17-7-4-5-9-19(17)20/h4-11,18,23H,1,12-14H2,2-3H3,(H,25,26)/b24-21+. The molecule has 1 aliphatic carbocycles. The lowest BCUT2D eigenvalue weighted by Crippen LogP contribution is -2.28. The Bertz CT molecular complexity index is 890. The first-order chi connectivity index (χ1) is 12.5. The Kier molecular flexibility index (Phi) is 5.52. The molecule has 0 radical (unpaired) electrons. The first-order valence-corrected chi connectivity index (χ1v) is 8.94. The maximum Gasteiger partial charge on any atom is 0.259 e. The predicted molar refractivity (Wildman–Crippen MR) is 109 cm³/mol. The summed E-state index contributed by atoms with van der Waals surface area (Å²) >= 11 is 0. The first-order valence-electron chi connectivity index (χ1n) is 8.94. The number of benzene rings is 2. The Morgan fingerprint density at radius 3 is 2.81 bits per heavy atom. The molecule has 0 spiro atoms. The average Bonchev–Trinajstić information content (AvgIpc) is 2.65. The van der Waals surface area contributed by atoms with Gasteiger partial charge in [0.05, 0.1) is 12.3 Å². The molecule has 3 rings (SSSR count). The molecule has 0 saturated heterocycles. The van der Waals surface area contributed by atoms with Gasteiger partial charge in [0.15, 0.2) is 0 Å². The zero-order valence-electron chi connectivity index (χ0n) is 15.4. The molecule has 0 heterocycles. The second-order valence-electron chi connectivity index (χ2n) is 6.84. The second kappa shape index (κ2) is 8.00. The van der Waals surface area contributed by atoms with E-state index in [-0.39, 0.29) is 12.5 Å². The molecule has 0 fully saturated rings. The van der Waals surface area contributed by atoms with Crippen molar-refractivity contribution >= 4 is 28.1 Å². The van der Waals surface area contributed by atoms with Crippen molar-refractivity contribution in [3.05, 3.63) is 66.3 Å². The van der Waals surface area contributed by atoms with E-state index in [9.17, 15) is 4.79 Å². The molecule has 1 unspecified atom stereocenters. The molecule has 1 amide bonds. The van der Waals surface area contributed by atoms with Crippen molar-refractivity contribution in [2.45, 2.75) is 26.7 Å². The molecule has 26 heavy (non-hydrogen) atoms. The second-order valence-corrected chi connectivity index (χ2v) is 6.84. The lowest BCUT2D eigenvalue weighted by Gasteiger charge is -2.22. The topological polar surface area (TPSA) is 53.5 Å². The third-order valence-corrected chi connectivity index (χ3v) is 4.85. The van der Waals surface area contributed by atoms with Gasteiger partial charge in [-0.15, -0.1) is 0 Å². The summed E-state index contributed by atoms with van der Waals surface area (Å²) in [6.45, 7) is 8.30. The molecule has 1 aliphatic rings. The van der Waals surface area contributed by atoms with Crippen molar-refractivity contribution in [3.8, 4) is 0 Å². The van der Waals surface area contributed by atoms with Crippen molar-refractivity contribution in [2.75, 3.05) is 11.9 Å². The van der Waals surface area contributed by atoms with Crippen LogP contribution in [-0.4, -0.2) is 18.2 Å². The van der Waals surface area contributed by atoms with Gasteiger partial charge in [0, 0.05) is 11.1 Å². The van der Waals surface area contributed by atoms with Gasteiger partial charge in [0.25, 0.3) is 5.91 Å². The number of rotatable bonds is 5. The molecule has 4 nitrogen and oxygen atoms in total. The summed E-state index contributed by atoms with van der Waals surface area (Å²) in [7, 11) is 0. The third kappa shape index (κ3) is 4.20. The van der Waals surface area contributed by atoms with E-state index in [1.165, 1.54) is 0 Å². The summed E-state index contributed by atoms with van der Waals surface area (Å²) < 4.78 is 0. The van der Waals surface area contributed by atoms with Gasteiger partial charge >= 0.3 is 0 Å². The molecule has 0 saturated carbocycles. The van der Waals surface area contributed by atoms with E-state index in [1.54, 1.807) is 0 Å². The number of carbonyl (C=O) groups is 1. The fourth-order valence-electron chi connectivity index (χ4n) is 3.15. The fourth-order valence-corrected chi connectivity index (χ4v) is 3.15. The number of carbonyl (C=O) groups excluding carboxylic acids is 1. The molecule has 0 aliphatic heterocycles. The largest absolute Gasteiger partial charge is 0.376 e. The van der Waals surface area contributed by atoms with E-state index in [0.29, 0.717) is 5.92 Å².